The molecule has 6 heteroatoms. The van der Waals surface area contributed by atoms with Crippen molar-refractivity contribution in [3.05, 3.63) is 30.0 Å². The van der Waals surface area contributed by atoms with E-state index in [2.05, 4.69) is 20.5 Å². The van der Waals surface area contributed by atoms with Crippen LogP contribution in [0.25, 0.3) is 11.3 Å². The number of amides is 1. The van der Waals surface area contributed by atoms with Crippen molar-refractivity contribution in [1.82, 2.24) is 15.2 Å². The molecule has 0 unspecified atom stereocenters. The maximum atomic E-state index is 11.7. The molecule has 0 bridgehead atoms. The minimum atomic E-state index is -0.128. The average Bonchev–Trinajstić information content (AvgIpc) is 2.45. The topological polar surface area (TPSA) is 93.8 Å². The number of hydrogen-bond acceptors (Lipinski definition) is 5. The number of benzene rings is 1. The molecule has 1 aromatic carbocycles. The zero-order valence-corrected chi connectivity index (χ0v) is 8.84. The van der Waals surface area contributed by atoms with Gasteiger partial charge in [0.1, 0.15) is 5.69 Å². The number of rotatable bonds is 0. The number of aromatic nitrogens is 3. The summed E-state index contributed by atoms with van der Waals surface area (Å²) in [6.07, 6.45) is 0.157. The summed E-state index contributed by atoms with van der Waals surface area (Å²) in [5.74, 6) is -0.0232. The summed E-state index contributed by atoms with van der Waals surface area (Å²) >= 11 is 0. The predicted molar refractivity (Wildman–Crippen MR) is 62.0 cm³/mol. The molecule has 0 fully saturated rings. The van der Waals surface area contributed by atoms with Crippen LogP contribution in [0.4, 0.5) is 11.6 Å². The Morgan fingerprint density at radius 3 is 2.94 bits per heavy atom. The van der Waals surface area contributed by atoms with Crippen LogP contribution in [0.2, 0.25) is 0 Å². The van der Waals surface area contributed by atoms with E-state index in [1.165, 1.54) is 0 Å². The molecule has 0 aliphatic carbocycles. The molecule has 0 saturated carbocycles. The molecule has 3 rings (SSSR count). The second-order valence-corrected chi connectivity index (χ2v) is 3.74. The number of carbonyl (C=O) groups excluding carboxylic acids is 1. The fourth-order valence-corrected chi connectivity index (χ4v) is 1.84. The monoisotopic (exact) mass is 227 g/mol. The van der Waals surface area contributed by atoms with Crippen molar-refractivity contribution in [3.63, 3.8) is 0 Å². The highest BCUT2D eigenvalue weighted by Gasteiger charge is 2.21. The van der Waals surface area contributed by atoms with Gasteiger partial charge in [-0.15, -0.1) is 10.2 Å². The summed E-state index contributed by atoms with van der Waals surface area (Å²) in [5.41, 5.74) is 8.23. The quantitative estimate of drug-likeness (QED) is 0.687. The minimum Gasteiger partial charge on any atom is -0.366 e. The van der Waals surface area contributed by atoms with E-state index in [4.69, 9.17) is 5.73 Å². The van der Waals surface area contributed by atoms with Gasteiger partial charge in [0, 0.05) is 5.56 Å². The van der Waals surface area contributed by atoms with Gasteiger partial charge in [-0.1, -0.05) is 18.2 Å². The Labute approximate surface area is 96.9 Å². The first-order valence-corrected chi connectivity index (χ1v) is 5.12. The molecular weight excluding hydrogens is 218 g/mol. The van der Waals surface area contributed by atoms with Crippen molar-refractivity contribution in [2.75, 3.05) is 11.1 Å². The lowest BCUT2D eigenvalue weighted by molar-refractivity contribution is -0.115. The minimum absolute atomic E-state index is 0.105. The number of nitrogens with one attached hydrogen (secondary N) is 1. The highest BCUT2D eigenvalue weighted by molar-refractivity contribution is 5.99. The number of nitrogens with two attached hydrogens (primary N) is 1. The van der Waals surface area contributed by atoms with Gasteiger partial charge in [0.05, 0.1) is 17.8 Å². The number of anilines is 2. The van der Waals surface area contributed by atoms with Crippen LogP contribution in [0.3, 0.4) is 0 Å². The normalized spacial score (nSPS) is 13.3. The molecule has 1 aliphatic heterocycles. The first-order chi connectivity index (χ1) is 8.24. The van der Waals surface area contributed by atoms with Gasteiger partial charge in [-0.3, -0.25) is 4.79 Å². The molecule has 2 aromatic rings. The third kappa shape index (κ3) is 1.59. The Bertz CT molecular complexity index is 611. The molecule has 1 aromatic heterocycles. The standard InChI is InChI=1S/C11H9N5O/c12-11-14-10-6-3-1-2-4-7(6)13-9(17)5-8(10)15-16-11/h1-4H,5H2,(H,13,17)(H2,12,14,16). The third-order valence-electron chi connectivity index (χ3n) is 2.56. The van der Waals surface area contributed by atoms with Crippen LogP contribution < -0.4 is 11.1 Å². The Morgan fingerprint density at radius 2 is 2.06 bits per heavy atom. The fourth-order valence-electron chi connectivity index (χ4n) is 1.84. The van der Waals surface area contributed by atoms with Crippen LogP contribution in [0, 0.1) is 0 Å². The van der Waals surface area contributed by atoms with E-state index in [1.54, 1.807) is 0 Å². The summed E-state index contributed by atoms with van der Waals surface area (Å²) in [7, 11) is 0. The lowest BCUT2D eigenvalue weighted by Crippen LogP contribution is -2.13. The molecule has 17 heavy (non-hydrogen) atoms. The molecule has 0 saturated heterocycles. The largest absolute Gasteiger partial charge is 0.366 e. The summed E-state index contributed by atoms with van der Waals surface area (Å²) in [5, 5.41) is 10.4. The number of hydrogen-bond donors (Lipinski definition) is 2. The second kappa shape index (κ2) is 3.51. The van der Waals surface area contributed by atoms with Crippen molar-refractivity contribution < 1.29 is 4.79 Å². The third-order valence-corrected chi connectivity index (χ3v) is 2.56. The predicted octanol–water partition coefficient (Wildman–Crippen LogP) is 0.615. The molecule has 0 spiro atoms. The van der Waals surface area contributed by atoms with E-state index >= 15 is 0 Å². The van der Waals surface area contributed by atoms with E-state index in [1.807, 2.05) is 24.3 Å². The number of carbonyl (C=O) groups is 1. The Hall–Kier alpha value is -2.50. The molecule has 84 valence electrons. The van der Waals surface area contributed by atoms with Crippen molar-refractivity contribution in [1.29, 1.82) is 0 Å². The van der Waals surface area contributed by atoms with Gasteiger partial charge in [0.2, 0.25) is 11.9 Å². The van der Waals surface area contributed by atoms with Crippen molar-refractivity contribution in [2.24, 2.45) is 0 Å². The van der Waals surface area contributed by atoms with Gasteiger partial charge in [0.25, 0.3) is 0 Å². The second-order valence-electron chi connectivity index (χ2n) is 3.74. The average molecular weight is 227 g/mol. The van der Waals surface area contributed by atoms with Crippen LogP contribution in [0.5, 0.6) is 0 Å². The molecular formula is C11H9N5O. The number of nitrogens with zero attached hydrogens (tertiary/aromatic N) is 3. The zero-order valence-electron chi connectivity index (χ0n) is 8.84. The highest BCUT2D eigenvalue weighted by Crippen LogP contribution is 2.31. The fraction of sp³-hybridized carbons (Fsp3) is 0.0909. The lowest BCUT2D eigenvalue weighted by Gasteiger charge is -2.06. The maximum Gasteiger partial charge on any atom is 0.240 e. The number of fused-ring (bicyclic) bond motifs is 3. The molecule has 0 atom stereocenters. The molecule has 1 amide bonds. The summed E-state index contributed by atoms with van der Waals surface area (Å²) in [6, 6.07) is 7.41. The van der Waals surface area contributed by atoms with Crippen molar-refractivity contribution >= 4 is 17.5 Å². The SMILES string of the molecule is Nc1nnc2c(n1)-c1ccccc1NC(=O)C2. The zero-order chi connectivity index (χ0) is 11.8. The van der Waals surface area contributed by atoms with Gasteiger partial charge in [-0.25, -0.2) is 4.98 Å². The van der Waals surface area contributed by atoms with Crippen LogP contribution in [-0.2, 0) is 11.2 Å². The van der Waals surface area contributed by atoms with Crippen LogP contribution in [-0.4, -0.2) is 21.1 Å². The van der Waals surface area contributed by atoms with Gasteiger partial charge in [-0.2, -0.15) is 0 Å². The first-order valence-electron chi connectivity index (χ1n) is 5.12. The number of para-hydroxylation sites is 1. The summed E-state index contributed by atoms with van der Waals surface area (Å²) in [6.45, 7) is 0. The van der Waals surface area contributed by atoms with Crippen LogP contribution >= 0.6 is 0 Å². The van der Waals surface area contributed by atoms with E-state index in [0.717, 1.165) is 11.3 Å². The summed E-state index contributed by atoms with van der Waals surface area (Å²) in [4.78, 5) is 15.8. The van der Waals surface area contributed by atoms with Gasteiger partial charge >= 0.3 is 0 Å². The van der Waals surface area contributed by atoms with E-state index in [0.29, 0.717) is 11.4 Å². The van der Waals surface area contributed by atoms with E-state index in [-0.39, 0.29) is 18.3 Å². The summed E-state index contributed by atoms with van der Waals surface area (Å²) < 4.78 is 0. The molecule has 1 aliphatic rings. The Balaban J connectivity index is 2.31. The molecule has 3 N–H and O–H groups in total. The van der Waals surface area contributed by atoms with E-state index in [9.17, 15) is 4.79 Å². The van der Waals surface area contributed by atoms with Crippen molar-refractivity contribution in [3.8, 4) is 11.3 Å². The molecule has 2 heterocycles. The van der Waals surface area contributed by atoms with E-state index < -0.39 is 0 Å². The smallest absolute Gasteiger partial charge is 0.240 e. The highest BCUT2D eigenvalue weighted by atomic mass is 16.1. The molecule has 0 radical (unpaired) electrons. The maximum absolute atomic E-state index is 11.7. The first kappa shape index (κ1) is 9.71. The lowest BCUT2D eigenvalue weighted by atomic mass is 10.1. The van der Waals surface area contributed by atoms with Gasteiger partial charge in [-0.05, 0) is 6.07 Å². The van der Waals surface area contributed by atoms with Crippen LogP contribution in [0.1, 0.15) is 5.69 Å². The number of nitrogen functional groups attached to an aromatic ring is 1. The van der Waals surface area contributed by atoms with Gasteiger partial charge < -0.3 is 11.1 Å². The molecule has 6 nitrogen and oxygen atoms in total. The Kier molecular flexibility index (Phi) is 2.01. The van der Waals surface area contributed by atoms with Crippen LogP contribution in [0.15, 0.2) is 24.3 Å². The van der Waals surface area contributed by atoms with Crippen molar-refractivity contribution in [2.45, 2.75) is 6.42 Å². The van der Waals surface area contributed by atoms with Gasteiger partial charge in [0.15, 0.2) is 0 Å². The Morgan fingerprint density at radius 1 is 1.24 bits per heavy atom.